The zero-order valence-electron chi connectivity index (χ0n) is 12.8. The first kappa shape index (κ1) is 17.2. The fraction of sp³-hybridized carbons (Fsp3) is 0.235. The summed E-state index contributed by atoms with van der Waals surface area (Å²) < 4.78 is 32.0. The fourth-order valence-corrected chi connectivity index (χ4v) is 3.46. The molecule has 0 aliphatic rings. The lowest BCUT2D eigenvalue weighted by molar-refractivity contribution is -0.122. The van der Waals surface area contributed by atoms with Crippen LogP contribution in [0.25, 0.3) is 0 Å². The SMILES string of the molecule is CC(CS(=O)(=O)O)(NC(=O)Cc1ccccc1)c1ccccc1. The quantitative estimate of drug-likeness (QED) is 0.794. The van der Waals surface area contributed by atoms with E-state index in [1.54, 1.807) is 37.3 Å². The van der Waals surface area contributed by atoms with E-state index in [2.05, 4.69) is 5.32 Å². The molecular formula is C17H19NO4S. The number of benzene rings is 2. The van der Waals surface area contributed by atoms with E-state index in [4.69, 9.17) is 0 Å². The Bertz CT molecular complexity index is 760. The molecule has 1 amide bonds. The molecule has 23 heavy (non-hydrogen) atoms. The van der Waals surface area contributed by atoms with Gasteiger partial charge in [0.1, 0.15) is 5.75 Å². The van der Waals surface area contributed by atoms with E-state index in [9.17, 15) is 17.8 Å². The van der Waals surface area contributed by atoms with E-state index in [-0.39, 0.29) is 12.3 Å². The Labute approximate surface area is 136 Å². The number of hydrogen-bond donors (Lipinski definition) is 2. The lowest BCUT2D eigenvalue weighted by Crippen LogP contribution is -2.48. The topological polar surface area (TPSA) is 83.5 Å². The summed E-state index contributed by atoms with van der Waals surface area (Å²) in [4.78, 5) is 12.3. The summed E-state index contributed by atoms with van der Waals surface area (Å²) in [5.74, 6) is -0.906. The molecule has 0 radical (unpaired) electrons. The monoisotopic (exact) mass is 333 g/mol. The second-order valence-electron chi connectivity index (χ2n) is 5.63. The third kappa shape index (κ3) is 5.19. The van der Waals surface area contributed by atoms with Gasteiger partial charge in [-0.3, -0.25) is 9.35 Å². The highest BCUT2D eigenvalue weighted by Crippen LogP contribution is 2.22. The van der Waals surface area contributed by atoms with E-state index in [0.29, 0.717) is 5.56 Å². The summed E-state index contributed by atoms with van der Waals surface area (Å²) in [6.07, 6.45) is 0.134. The Morgan fingerprint density at radius 3 is 2.09 bits per heavy atom. The van der Waals surface area contributed by atoms with Gasteiger partial charge in [0.25, 0.3) is 10.1 Å². The number of nitrogens with one attached hydrogen (secondary N) is 1. The van der Waals surface area contributed by atoms with E-state index in [1.807, 2.05) is 30.3 Å². The molecule has 2 rings (SSSR count). The number of hydrogen-bond acceptors (Lipinski definition) is 3. The molecule has 2 aromatic carbocycles. The van der Waals surface area contributed by atoms with Crippen LogP contribution in [0.5, 0.6) is 0 Å². The largest absolute Gasteiger partial charge is 0.345 e. The predicted octanol–water partition coefficient (Wildman–Crippen LogP) is 2.15. The van der Waals surface area contributed by atoms with Gasteiger partial charge in [0.05, 0.1) is 12.0 Å². The van der Waals surface area contributed by atoms with Crippen LogP contribution in [0.1, 0.15) is 18.1 Å². The maximum absolute atomic E-state index is 12.3. The Balaban J connectivity index is 2.23. The van der Waals surface area contributed by atoms with Crippen molar-refractivity contribution >= 4 is 16.0 Å². The van der Waals surface area contributed by atoms with Crippen LogP contribution in [-0.4, -0.2) is 24.6 Å². The molecule has 0 saturated heterocycles. The predicted molar refractivity (Wildman–Crippen MR) is 88.5 cm³/mol. The molecule has 2 aromatic rings. The molecule has 2 N–H and O–H groups in total. The number of amides is 1. The van der Waals surface area contributed by atoms with Crippen molar-refractivity contribution in [3.63, 3.8) is 0 Å². The minimum Gasteiger partial charge on any atom is -0.345 e. The Kier molecular flexibility index (Phi) is 5.18. The normalized spacial score (nSPS) is 14.0. The summed E-state index contributed by atoms with van der Waals surface area (Å²) in [6, 6.07) is 17.9. The van der Waals surface area contributed by atoms with Gasteiger partial charge in [-0.15, -0.1) is 0 Å². The first-order valence-corrected chi connectivity index (χ1v) is 8.75. The molecule has 0 bridgehead atoms. The molecule has 1 unspecified atom stereocenters. The summed E-state index contributed by atoms with van der Waals surface area (Å²) >= 11 is 0. The van der Waals surface area contributed by atoms with Crippen LogP contribution >= 0.6 is 0 Å². The summed E-state index contributed by atoms with van der Waals surface area (Å²) in [6.45, 7) is 1.58. The molecule has 5 nitrogen and oxygen atoms in total. The Hall–Kier alpha value is -2.18. The molecule has 0 aliphatic carbocycles. The summed E-state index contributed by atoms with van der Waals surface area (Å²) in [5, 5.41) is 2.74. The Morgan fingerprint density at radius 2 is 1.57 bits per heavy atom. The standard InChI is InChI=1S/C17H19NO4S/c1-17(13-23(20,21)22,15-10-6-3-7-11-15)18-16(19)12-14-8-4-2-5-9-14/h2-11H,12-13H2,1H3,(H,18,19)(H,20,21,22). The number of carbonyl (C=O) groups excluding carboxylic acids is 1. The fourth-order valence-electron chi connectivity index (χ4n) is 2.50. The molecule has 0 heterocycles. The average Bonchev–Trinajstić information content (AvgIpc) is 2.47. The third-order valence-corrected chi connectivity index (χ3v) is 4.45. The lowest BCUT2D eigenvalue weighted by Gasteiger charge is -2.30. The minimum atomic E-state index is -4.26. The molecule has 0 spiro atoms. The minimum absolute atomic E-state index is 0.134. The van der Waals surface area contributed by atoms with Crippen LogP contribution in [0.4, 0.5) is 0 Å². The van der Waals surface area contributed by atoms with Crippen molar-refractivity contribution < 1.29 is 17.8 Å². The van der Waals surface area contributed by atoms with Gasteiger partial charge >= 0.3 is 0 Å². The summed E-state index contributed by atoms with van der Waals surface area (Å²) in [5.41, 5.74) is 0.229. The molecule has 0 saturated carbocycles. The highest BCUT2D eigenvalue weighted by Gasteiger charge is 2.33. The molecule has 1 atom stereocenters. The molecule has 0 fully saturated rings. The van der Waals surface area contributed by atoms with Crippen molar-refractivity contribution in [2.24, 2.45) is 0 Å². The maximum Gasteiger partial charge on any atom is 0.267 e. The number of carbonyl (C=O) groups is 1. The molecule has 6 heteroatoms. The van der Waals surface area contributed by atoms with E-state index < -0.39 is 21.4 Å². The van der Waals surface area contributed by atoms with Crippen LogP contribution in [0, 0.1) is 0 Å². The van der Waals surface area contributed by atoms with Crippen molar-refractivity contribution in [1.82, 2.24) is 5.32 Å². The van der Waals surface area contributed by atoms with E-state index in [0.717, 1.165) is 5.56 Å². The smallest absolute Gasteiger partial charge is 0.267 e. The van der Waals surface area contributed by atoms with Gasteiger partial charge in [0, 0.05) is 0 Å². The van der Waals surface area contributed by atoms with E-state index in [1.165, 1.54) is 0 Å². The van der Waals surface area contributed by atoms with Crippen LogP contribution in [0.3, 0.4) is 0 Å². The highest BCUT2D eigenvalue weighted by atomic mass is 32.2. The van der Waals surface area contributed by atoms with Crippen molar-refractivity contribution in [3.05, 3.63) is 71.8 Å². The second-order valence-corrected chi connectivity index (χ2v) is 7.09. The third-order valence-electron chi connectivity index (χ3n) is 3.50. The molecule has 0 aromatic heterocycles. The lowest BCUT2D eigenvalue weighted by atomic mass is 9.93. The Morgan fingerprint density at radius 1 is 1.04 bits per heavy atom. The van der Waals surface area contributed by atoms with Gasteiger partial charge in [-0.1, -0.05) is 60.7 Å². The van der Waals surface area contributed by atoms with E-state index >= 15 is 0 Å². The summed E-state index contributed by atoms with van der Waals surface area (Å²) in [7, 11) is -4.26. The first-order chi connectivity index (χ1) is 10.8. The zero-order valence-corrected chi connectivity index (χ0v) is 13.6. The van der Waals surface area contributed by atoms with Crippen LogP contribution < -0.4 is 5.32 Å². The van der Waals surface area contributed by atoms with Crippen molar-refractivity contribution in [2.75, 3.05) is 5.75 Å². The molecule has 0 aliphatic heterocycles. The maximum atomic E-state index is 12.3. The van der Waals surface area contributed by atoms with Gasteiger partial charge in [-0.05, 0) is 18.1 Å². The van der Waals surface area contributed by atoms with Gasteiger partial charge in [-0.25, -0.2) is 0 Å². The average molecular weight is 333 g/mol. The van der Waals surface area contributed by atoms with Crippen molar-refractivity contribution in [2.45, 2.75) is 18.9 Å². The van der Waals surface area contributed by atoms with Crippen LogP contribution in [0.2, 0.25) is 0 Å². The van der Waals surface area contributed by atoms with Gasteiger partial charge in [0.2, 0.25) is 5.91 Å². The number of rotatable bonds is 6. The zero-order chi connectivity index (χ0) is 16.9. The van der Waals surface area contributed by atoms with Gasteiger partial charge < -0.3 is 5.32 Å². The first-order valence-electron chi connectivity index (χ1n) is 7.14. The van der Waals surface area contributed by atoms with Crippen molar-refractivity contribution in [3.8, 4) is 0 Å². The molecular weight excluding hydrogens is 314 g/mol. The highest BCUT2D eigenvalue weighted by molar-refractivity contribution is 7.85. The van der Waals surface area contributed by atoms with Crippen molar-refractivity contribution in [1.29, 1.82) is 0 Å². The molecule has 122 valence electrons. The van der Waals surface area contributed by atoms with Gasteiger partial charge in [0.15, 0.2) is 0 Å². The van der Waals surface area contributed by atoms with Crippen LogP contribution in [0.15, 0.2) is 60.7 Å². The van der Waals surface area contributed by atoms with Crippen LogP contribution in [-0.2, 0) is 26.9 Å². The van der Waals surface area contributed by atoms with Gasteiger partial charge in [-0.2, -0.15) is 8.42 Å². The second kappa shape index (κ2) is 6.93.